The van der Waals surface area contributed by atoms with Crippen LogP contribution < -0.4 is 0 Å². The molecule has 106 valence electrons. The van der Waals surface area contributed by atoms with E-state index < -0.39 is 23.6 Å². The predicted octanol–water partition coefficient (Wildman–Crippen LogP) is 4.34. The molecule has 0 spiro atoms. The van der Waals surface area contributed by atoms with Gasteiger partial charge in [0.1, 0.15) is 23.6 Å². The number of hydrogen-bond donors (Lipinski definition) is 1. The molecular formula is C17H11F3O. The summed E-state index contributed by atoms with van der Waals surface area (Å²) in [5, 5.41) is 11.1. The minimum absolute atomic E-state index is 0.174. The van der Waals surface area contributed by atoms with Gasteiger partial charge in [0.25, 0.3) is 0 Å². The molecule has 0 amide bonds. The highest BCUT2D eigenvalue weighted by atomic mass is 19.1. The van der Waals surface area contributed by atoms with Crippen molar-refractivity contribution in [1.29, 1.82) is 0 Å². The molecule has 4 heteroatoms. The number of benzene rings is 3. The van der Waals surface area contributed by atoms with Crippen LogP contribution in [0, 0.1) is 17.5 Å². The Morgan fingerprint density at radius 3 is 2.14 bits per heavy atom. The Bertz CT molecular complexity index is 814. The molecule has 0 radical (unpaired) electrons. The number of fused-ring (bicyclic) bond motifs is 1. The van der Waals surface area contributed by atoms with Crippen LogP contribution in [0.3, 0.4) is 0 Å². The standard InChI is InChI=1S/C17H11F3O/c18-10-5-7-16(20)14(9-10)17(21)13-6-8-15(19)12-4-2-1-3-11(12)13/h1-9,17,21H. The Balaban J connectivity index is 2.20. The fraction of sp³-hybridized carbons (Fsp3) is 0.0588. The second-order valence-corrected chi connectivity index (χ2v) is 4.75. The largest absolute Gasteiger partial charge is 0.384 e. The number of aliphatic hydroxyl groups is 1. The zero-order valence-electron chi connectivity index (χ0n) is 10.9. The third-order valence-electron chi connectivity index (χ3n) is 3.45. The van der Waals surface area contributed by atoms with E-state index in [1.807, 2.05) is 0 Å². The van der Waals surface area contributed by atoms with Gasteiger partial charge in [0, 0.05) is 10.9 Å². The van der Waals surface area contributed by atoms with E-state index in [1.54, 1.807) is 24.3 Å². The van der Waals surface area contributed by atoms with Crippen molar-refractivity contribution in [2.45, 2.75) is 6.10 Å². The van der Waals surface area contributed by atoms with Gasteiger partial charge in [0.05, 0.1) is 0 Å². The maximum atomic E-state index is 13.8. The molecule has 3 rings (SSSR count). The fourth-order valence-corrected chi connectivity index (χ4v) is 2.42. The lowest BCUT2D eigenvalue weighted by molar-refractivity contribution is 0.216. The van der Waals surface area contributed by atoms with Gasteiger partial charge < -0.3 is 5.11 Å². The zero-order chi connectivity index (χ0) is 15.0. The van der Waals surface area contributed by atoms with Crippen LogP contribution in [0.2, 0.25) is 0 Å². The molecule has 1 atom stereocenters. The maximum Gasteiger partial charge on any atom is 0.131 e. The maximum absolute atomic E-state index is 13.8. The van der Waals surface area contributed by atoms with E-state index in [0.29, 0.717) is 16.3 Å². The van der Waals surface area contributed by atoms with Crippen LogP contribution in [0.5, 0.6) is 0 Å². The number of hydrogen-bond acceptors (Lipinski definition) is 1. The van der Waals surface area contributed by atoms with Crippen LogP contribution in [-0.4, -0.2) is 5.11 Å². The summed E-state index contributed by atoms with van der Waals surface area (Å²) in [7, 11) is 0. The van der Waals surface area contributed by atoms with Crippen LogP contribution >= 0.6 is 0 Å². The smallest absolute Gasteiger partial charge is 0.131 e. The lowest BCUT2D eigenvalue weighted by atomic mass is 9.95. The van der Waals surface area contributed by atoms with Gasteiger partial charge in [-0.15, -0.1) is 0 Å². The summed E-state index contributed by atoms with van der Waals surface area (Å²) in [6, 6.07) is 12.0. The van der Waals surface area contributed by atoms with E-state index in [2.05, 4.69) is 0 Å². The monoisotopic (exact) mass is 288 g/mol. The normalized spacial score (nSPS) is 12.6. The molecule has 0 aliphatic rings. The second-order valence-electron chi connectivity index (χ2n) is 4.75. The molecule has 0 saturated carbocycles. The summed E-state index contributed by atoms with van der Waals surface area (Å²) >= 11 is 0. The van der Waals surface area contributed by atoms with E-state index >= 15 is 0 Å². The highest BCUT2D eigenvalue weighted by Gasteiger charge is 2.19. The minimum Gasteiger partial charge on any atom is -0.384 e. The lowest BCUT2D eigenvalue weighted by Gasteiger charge is -2.15. The molecule has 0 bridgehead atoms. The van der Waals surface area contributed by atoms with Crippen LogP contribution in [0.4, 0.5) is 13.2 Å². The first kappa shape index (κ1) is 13.6. The lowest BCUT2D eigenvalue weighted by Crippen LogP contribution is -2.04. The van der Waals surface area contributed by atoms with Crippen LogP contribution in [0.15, 0.2) is 54.6 Å². The van der Waals surface area contributed by atoms with Crippen molar-refractivity contribution >= 4 is 10.8 Å². The number of rotatable bonds is 2. The Hall–Kier alpha value is -2.33. The molecule has 0 aromatic heterocycles. The van der Waals surface area contributed by atoms with Crippen LogP contribution in [0.25, 0.3) is 10.8 Å². The average molecular weight is 288 g/mol. The van der Waals surface area contributed by atoms with Gasteiger partial charge in [-0.25, -0.2) is 13.2 Å². The van der Waals surface area contributed by atoms with Crippen molar-refractivity contribution in [2.24, 2.45) is 0 Å². The summed E-state index contributed by atoms with van der Waals surface area (Å²) in [4.78, 5) is 0. The Kier molecular flexibility index (Phi) is 3.39. The zero-order valence-corrected chi connectivity index (χ0v) is 10.9. The second kappa shape index (κ2) is 5.22. The Morgan fingerprint density at radius 1 is 0.714 bits per heavy atom. The SMILES string of the molecule is OC(c1cc(F)ccc1F)c1ccc(F)c2ccccc12. The van der Waals surface area contributed by atoms with Gasteiger partial charge >= 0.3 is 0 Å². The molecule has 21 heavy (non-hydrogen) atoms. The van der Waals surface area contributed by atoms with Gasteiger partial charge in [-0.2, -0.15) is 0 Å². The van der Waals surface area contributed by atoms with Crippen molar-refractivity contribution < 1.29 is 18.3 Å². The van der Waals surface area contributed by atoms with Crippen LogP contribution in [-0.2, 0) is 0 Å². The number of aliphatic hydroxyl groups excluding tert-OH is 1. The van der Waals surface area contributed by atoms with Gasteiger partial charge in [0.2, 0.25) is 0 Å². The first-order chi connectivity index (χ1) is 10.1. The summed E-state index contributed by atoms with van der Waals surface area (Å²) in [6.07, 6.45) is -1.37. The third kappa shape index (κ3) is 2.38. The van der Waals surface area contributed by atoms with Crippen molar-refractivity contribution in [1.82, 2.24) is 0 Å². The van der Waals surface area contributed by atoms with E-state index in [1.165, 1.54) is 12.1 Å². The van der Waals surface area contributed by atoms with E-state index in [9.17, 15) is 18.3 Å². The van der Waals surface area contributed by atoms with E-state index in [4.69, 9.17) is 0 Å². The Labute approximate surface area is 119 Å². The molecular weight excluding hydrogens is 277 g/mol. The topological polar surface area (TPSA) is 20.2 Å². The van der Waals surface area contributed by atoms with Crippen molar-refractivity contribution in [2.75, 3.05) is 0 Å². The van der Waals surface area contributed by atoms with Crippen molar-refractivity contribution in [3.63, 3.8) is 0 Å². The molecule has 0 fully saturated rings. The van der Waals surface area contributed by atoms with Gasteiger partial charge in [-0.3, -0.25) is 0 Å². The first-order valence-electron chi connectivity index (χ1n) is 6.38. The first-order valence-corrected chi connectivity index (χ1v) is 6.38. The average Bonchev–Trinajstić information content (AvgIpc) is 2.50. The minimum atomic E-state index is -1.37. The van der Waals surface area contributed by atoms with E-state index in [-0.39, 0.29) is 5.56 Å². The summed E-state index contributed by atoms with van der Waals surface area (Å²) in [6.45, 7) is 0. The van der Waals surface area contributed by atoms with Crippen molar-refractivity contribution in [3.8, 4) is 0 Å². The molecule has 1 unspecified atom stereocenters. The molecule has 1 N–H and O–H groups in total. The molecule has 1 nitrogen and oxygen atoms in total. The van der Waals surface area contributed by atoms with Crippen LogP contribution in [0.1, 0.15) is 17.2 Å². The quantitative estimate of drug-likeness (QED) is 0.743. The summed E-state index contributed by atoms with van der Waals surface area (Å²) in [5.74, 6) is -1.78. The highest BCUT2D eigenvalue weighted by molar-refractivity contribution is 5.86. The molecule has 0 aliphatic heterocycles. The summed E-state index contributed by atoms with van der Waals surface area (Å²) in [5.41, 5.74) is 0.156. The molecule has 3 aromatic carbocycles. The van der Waals surface area contributed by atoms with Gasteiger partial charge in [-0.1, -0.05) is 30.3 Å². The van der Waals surface area contributed by atoms with Gasteiger partial charge in [-0.05, 0) is 35.2 Å². The Morgan fingerprint density at radius 2 is 1.38 bits per heavy atom. The highest BCUT2D eigenvalue weighted by Crippen LogP contribution is 2.31. The van der Waals surface area contributed by atoms with Gasteiger partial charge in [0.15, 0.2) is 0 Å². The molecule has 3 aromatic rings. The summed E-state index contributed by atoms with van der Waals surface area (Å²) < 4.78 is 40.8. The fourth-order valence-electron chi connectivity index (χ4n) is 2.42. The molecule has 0 heterocycles. The van der Waals surface area contributed by atoms with E-state index in [0.717, 1.165) is 18.2 Å². The molecule has 0 saturated heterocycles. The molecule has 0 aliphatic carbocycles. The van der Waals surface area contributed by atoms with Crippen molar-refractivity contribution in [3.05, 3.63) is 83.2 Å². The predicted molar refractivity (Wildman–Crippen MR) is 74.3 cm³/mol. The number of halogens is 3. The third-order valence-corrected chi connectivity index (χ3v) is 3.45.